The van der Waals surface area contributed by atoms with Gasteiger partial charge in [0, 0.05) is 25.2 Å². The van der Waals surface area contributed by atoms with Crippen molar-refractivity contribution in [2.45, 2.75) is 134 Å². The summed E-state index contributed by atoms with van der Waals surface area (Å²) in [7, 11) is 0. The third kappa shape index (κ3) is 21.9. The van der Waals surface area contributed by atoms with E-state index < -0.39 is 0 Å². The van der Waals surface area contributed by atoms with Gasteiger partial charge in [0.25, 0.3) is 0 Å². The average Bonchev–Trinajstić information content (AvgIpc) is 3.24. The lowest BCUT2D eigenvalue weighted by Gasteiger charge is -2.33. The quantitative estimate of drug-likeness (QED) is 0.331. The molecule has 4 nitrogen and oxygen atoms in total. The molecular formula is C32H69N3O. The molecule has 2 aliphatic rings. The number of likely N-dealkylation sites (tertiary alicyclic amines) is 1. The molecule has 0 aromatic carbocycles. The van der Waals surface area contributed by atoms with Gasteiger partial charge < -0.3 is 9.64 Å². The third-order valence-electron chi connectivity index (χ3n) is 7.11. The standard InChI is InChI=1S/C12H27N.C10H21NO.C10H21N/c1-10(2)13(11(3)4)9-8-12(5,6)7;1-10(2,3)4-5-11-6-8-12-9-7-11;1-10(2,3)6-9-11-7-4-5-8-11/h10-11H,8-9H2,1-7H3;4-9H2,1-3H3;4-9H2,1-3H3. The van der Waals surface area contributed by atoms with Crippen LogP contribution in [-0.4, -0.2) is 85.8 Å². The van der Waals surface area contributed by atoms with Gasteiger partial charge in [0.05, 0.1) is 13.2 Å². The molecule has 0 atom stereocenters. The fourth-order valence-electron chi connectivity index (χ4n) is 4.40. The molecule has 0 amide bonds. The Hall–Kier alpha value is -0.160. The lowest BCUT2D eigenvalue weighted by Crippen LogP contribution is -2.38. The van der Waals surface area contributed by atoms with E-state index in [2.05, 4.69) is 105 Å². The number of ether oxygens (including phenoxy) is 1. The maximum atomic E-state index is 5.29. The summed E-state index contributed by atoms with van der Waals surface area (Å²) in [6.07, 6.45) is 6.75. The van der Waals surface area contributed by atoms with E-state index in [1.807, 2.05) is 0 Å². The van der Waals surface area contributed by atoms with Gasteiger partial charge in [0.1, 0.15) is 0 Å². The average molecular weight is 512 g/mol. The van der Waals surface area contributed by atoms with E-state index in [-0.39, 0.29) is 0 Å². The molecule has 2 rings (SSSR count). The highest BCUT2D eigenvalue weighted by molar-refractivity contribution is 4.72. The highest BCUT2D eigenvalue weighted by Crippen LogP contribution is 2.21. The second kappa shape index (κ2) is 17.4. The zero-order valence-corrected chi connectivity index (χ0v) is 27.3. The van der Waals surface area contributed by atoms with Gasteiger partial charge in [-0.3, -0.25) is 9.80 Å². The number of rotatable bonds is 8. The Morgan fingerprint density at radius 2 is 0.944 bits per heavy atom. The summed E-state index contributed by atoms with van der Waals surface area (Å²) in [6.45, 7) is 40.4. The third-order valence-corrected chi connectivity index (χ3v) is 7.11. The molecule has 2 saturated heterocycles. The minimum Gasteiger partial charge on any atom is -0.379 e. The highest BCUT2D eigenvalue weighted by atomic mass is 16.5. The zero-order chi connectivity index (χ0) is 28.0. The topological polar surface area (TPSA) is 19.0 Å². The van der Waals surface area contributed by atoms with E-state index in [9.17, 15) is 0 Å². The van der Waals surface area contributed by atoms with Crippen molar-refractivity contribution < 1.29 is 4.74 Å². The molecule has 0 saturated carbocycles. The maximum absolute atomic E-state index is 5.29. The van der Waals surface area contributed by atoms with Gasteiger partial charge in [-0.2, -0.15) is 0 Å². The summed E-state index contributed by atoms with van der Waals surface area (Å²) >= 11 is 0. The van der Waals surface area contributed by atoms with Crippen molar-refractivity contribution in [3.05, 3.63) is 0 Å². The summed E-state index contributed by atoms with van der Waals surface area (Å²) < 4.78 is 5.29. The summed E-state index contributed by atoms with van der Waals surface area (Å²) in [5, 5.41) is 0. The first kappa shape index (κ1) is 35.8. The molecular weight excluding hydrogens is 442 g/mol. The lowest BCUT2D eigenvalue weighted by molar-refractivity contribution is 0.0333. The van der Waals surface area contributed by atoms with Crippen LogP contribution in [0.15, 0.2) is 0 Å². The van der Waals surface area contributed by atoms with Crippen molar-refractivity contribution in [1.82, 2.24) is 14.7 Å². The summed E-state index contributed by atoms with van der Waals surface area (Å²) in [5.74, 6) is 0. The second-order valence-corrected chi connectivity index (χ2v) is 15.4. The van der Waals surface area contributed by atoms with Gasteiger partial charge in [-0.1, -0.05) is 62.3 Å². The van der Waals surface area contributed by atoms with Gasteiger partial charge in [-0.25, -0.2) is 0 Å². The normalized spacial score (nSPS) is 18.3. The van der Waals surface area contributed by atoms with Crippen LogP contribution in [0.3, 0.4) is 0 Å². The van der Waals surface area contributed by atoms with Crippen LogP contribution in [0, 0.1) is 16.2 Å². The van der Waals surface area contributed by atoms with Gasteiger partial charge in [0.15, 0.2) is 0 Å². The molecule has 2 fully saturated rings. The molecule has 0 aliphatic carbocycles. The van der Waals surface area contributed by atoms with E-state index in [4.69, 9.17) is 4.74 Å². The number of hydrogen-bond donors (Lipinski definition) is 0. The van der Waals surface area contributed by atoms with E-state index in [0.717, 1.165) is 26.3 Å². The molecule has 4 heteroatoms. The molecule has 0 unspecified atom stereocenters. The molecule has 218 valence electrons. The molecule has 0 bridgehead atoms. The Labute approximate surface area is 228 Å². The lowest BCUT2D eigenvalue weighted by atomic mass is 9.91. The Morgan fingerprint density at radius 1 is 0.583 bits per heavy atom. The van der Waals surface area contributed by atoms with E-state index in [1.54, 1.807) is 0 Å². The van der Waals surface area contributed by atoms with Crippen LogP contribution in [0.2, 0.25) is 0 Å². The van der Waals surface area contributed by atoms with Crippen LogP contribution in [0.25, 0.3) is 0 Å². The fourth-order valence-corrected chi connectivity index (χ4v) is 4.40. The maximum Gasteiger partial charge on any atom is 0.0594 e. The van der Waals surface area contributed by atoms with E-state index in [0.29, 0.717) is 28.3 Å². The molecule has 36 heavy (non-hydrogen) atoms. The van der Waals surface area contributed by atoms with E-state index >= 15 is 0 Å². The Morgan fingerprint density at radius 3 is 1.28 bits per heavy atom. The Kier molecular flexibility index (Phi) is 17.4. The SMILES string of the molecule is CC(C)(C)CCN1CCCC1.CC(C)(C)CCN1CCOCC1.CC(C)N(CCC(C)(C)C)C(C)C. The zero-order valence-electron chi connectivity index (χ0n) is 27.3. The first-order valence-corrected chi connectivity index (χ1v) is 15.2. The molecule has 0 N–H and O–H groups in total. The van der Waals surface area contributed by atoms with Crippen LogP contribution in [0.5, 0.6) is 0 Å². The first-order chi connectivity index (χ1) is 16.4. The first-order valence-electron chi connectivity index (χ1n) is 15.2. The number of morpholine rings is 1. The summed E-state index contributed by atoms with van der Waals surface area (Å²) in [4.78, 5) is 7.64. The number of hydrogen-bond acceptors (Lipinski definition) is 4. The smallest absolute Gasteiger partial charge is 0.0594 e. The second-order valence-electron chi connectivity index (χ2n) is 15.4. The van der Waals surface area contributed by atoms with Gasteiger partial charge in [-0.15, -0.1) is 0 Å². The molecule has 2 aliphatic heterocycles. The predicted molar refractivity (Wildman–Crippen MR) is 162 cm³/mol. The van der Waals surface area contributed by atoms with Gasteiger partial charge in [-0.05, 0) is 109 Å². The summed E-state index contributed by atoms with van der Waals surface area (Å²) in [5.41, 5.74) is 1.45. The minimum absolute atomic E-state index is 0.460. The van der Waals surface area contributed by atoms with Gasteiger partial charge >= 0.3 is 0 Å². The molecule has 0 spiro atoms. The minimum atomic E-state index is 0.460. The molecule has 0 aromatic heterocycles. The van der Waals surface area contributed by atoms with E-state index in [1.165, 1.54) is 64.8 Å². The summed E-state index contributed by atoms with van der Waals surface area (Å²) in [6, 6.07) is 1.34. The fraction of sp³-hybridized carbons (Fsp3) is 1.00. The van der Waals surface area contributed by atoms with Crippen molar-refractivity contribution >= 4 is 0 Å². The highest BCUT2D eigenvalue weighted by Gasteiger charge is 2.18. The molecule has 0 aromatic rings. The molecule has 2 heterocycles. The van der Waals surface area contributed by atoms with Crippen LogP contribution >= 0.6 is 0 Å². The van der Waals surface area contributed by atoms with Gasteiger partial charge in [0.2, 0.25) is 0 Å². The monoisotopic (exact) mass is 512 g/mol. The van der Waals surface area contributed by atoms with Crippen LogP contribution in [0.4, 0.5) is 0 Å². The largest absolute Gasteiger partial charge is 0.379 e. The molecule has 0 radical (unpaired) electrons. The van der Waals surface area contributed by atoms with Crippen LogP contribution in [-0.2, 0) is 4.74 Å². The van der Waals surface area contributed by atoms with Crippen molar-refractivity contribution in [3.63, 3.8) is 0 Å². The van der Waals surface area contributed by atoms with Crippen LogP contribution < -0.4 is 0 Å². The number of nitrogens with zero attached hydrogens (tertiary/aromatic N) is 3. The Bertz CT molecular complexity index is 505. The predicted octanol–water partition coefficient (Wildman–Crippen LogP) is 7.81. The van der Waals surface area contributed by atoms with Crippen LogP contribution in [0.1, 0.15) is 122 Å². The van der Waals surface area contributed by atoms with Crippen molar-refractivity contribution in [2.24, 2.45) is 16.2 Å². The Balaban J connectivity index is 0.000000512. The van der Waals surface area contributed by atoms with Crippen molar-refractivity contribution in [2.75, 3.05) is 59.0 Å². The van der Waals surface area contributed by atoms with Crippen molar-refractivity contribution in [1.29, 1.82) is 0 Å². The van der Waals surface area contributed by atoms with Crippen molar-refractivity contribution in [3.8, 4) is 0 Å².